The molecule has 0 bridgehead atoms. The summed E-state index contributed by atoms with van der Waals surface area (Å²) in [7, 11) is 0. The molecule has 3 N–H and O–H groups in total. The Kier molecular flexibility index (Phi) is 4.52. The number of carbonyl (C=O) groups excluding carboxylic acids is 1. The summed E-state index contributed by atoms with van der Waals surface area (Å²) < 4.78 is 0. The number of aryl methyl sites for hydroxylation is 1. The molecule has 0 spiro atoms. The van der Waals surface area contributed by atoms with E-state index in [4.69, 9.17) is 10.8 Å². The molecule has 120 valence electrons. The summed E-state index contributed by atoms with van der Waals surface area (Å²) in [5.41, 5.74) is 4.20. The SMILES string of the molecule is Cc1cc(N2CCC(C(=O)NN)CC2)nc(-c2ccccc2)n1. The number of amides is 1. The lowest BCUT2D eigenvalue weighted by molar-refractivity contribution is -0.125. The first kappa shape index (κ1) is 15.4. The average molecular weight is 311 g/mol. The van der Waals surface area contributed by atoms with Crippen molar-refractivity contribution in [2.45, 2.75) is 19.8 Å². The first-order valence-electron chi connectivity index (χ1n) is 7.84. The number of nitrogens with two attached hydrogens (primary N) is 1. The Bertz CT molecular complexity index is 681. The molecule has 6 heteroatoms. The van der Waals surface area contributed by atoms with Gasteiger partial charge < -0.3 is 4.90 Å². The van der Waals surface area contributed by atoms with E-state index in [-0.39, 0.29) is 11.8 Å². The Morgan fingerprint density at radius 1 is 1.22 bits per heavy atom. The van der Waals surface area contributed by atoms with Crippen molar-refractivity contribution in [3.63, 3.8) is 0 Å². The standard InChI is InChI=1S/C17H21N5O/c1-12-11-15(20-16(19-12)13-5-3-2-4-6-13)22-9-7-14(8-10-22)17(23)21-18/h2-6,11,14H,7-10,18H2,1H3,(H,21,23). The fraction of sp³-hybridized carbons (Fsp3) is 0.353. The van der Waals surface area contributed by atoms with Crippen molar-refractivity contribution in [3.8, 4) is 11.4 Å². The number of nitrogens with one attached hydrogen (secondary N) is 1. The number of benzene rings is 1. The fourth-order valence-electron chi connectivity index (χ4n) is 2.92. The highest BCUT2D eigenvalue weighted by molar-refractivity contribution is 5.78. The second kappa shape index (κ2) is 6.75. The zero-order valence-electron chi connectivity index (χ0n) is 13.2. The first-order chi connectivity index (χ1) is 11.2. The van der Waals surface area contributed by atoms with Crippen molar-refractivity contribution in [2.24, 2.45) is 11.8 Å². The number of hydrogen-bond donors (Lipinski definition) is 2. The van der Waals surface area contributed by atoms with Gasteiger partial charge in [-0.3, -0.25) is 10.2 Å². The van der Waals surface area contributed by atoms with E-state index in [9.17, 15) is 4.79 Å². The maximum atomic E-state index is 11.6. The normalized spacial score (nSPS) is 15.5. The van der Waals surface area contributed by atoms with Crippen LogP contribution < -0.4 is 16.2 Å². The Morgan fingerprint density at radius 2 is 1.91 bits per heavy atom. The molecular weight excluding hydrogens is 290 g/mol. The van der Waals surface area contributed by atoms with E-state index < -0.39 is 0 Å². The number of anilines is 1. The topological polar surface area (TPSA) is 84.1 Å². The Hall–Kier alpha value is -2.47. The van der Waals surface area contributed by atoms with Crippen LogP contribution in [0, 0.1) is 12.8 Å². The van der Waals surface area contributed by atoms with E-state index in [0.717, 1.165) is 48.8 Å². The molecule has 2 aromatic rings. The van der Waals surface area contributed by atoms with Gasteiger partial charge in [-0.1, -0.05) is 30.3 Å². The van der Waals surface area contributed by atoms with Gasteiger partial charge in [-0.25, -0.2) is 15.8 Å². The lowest BCUT2D eigenvalue weighted by Crippen LogP contribution is -2.43. The number of nitrogens with zero attached hydrogens (tertiary/aromatic N) is 3. The fourth-order valence-corrected chi connectivity index (χ4v) is 2.92. The summed E-state index contributed by atoms with van der Waals surface area (Å²) in [5, 5.41) is 0. The summed E-state index contributed by atoms with van der Waals surface area (Å²) >= 11 is 0. The average Bonchev–Trinajstić information content (AvgIpc) is 2.61. The third kappa shape index (κ3) is 3.48. The highest BCUT2D eigenvalue weighted by atomic mass is 16.2. The molecule has 2 heterocycles. The molecule has 3 rings (SSSR count). The van der Waals surface area contributed by atoms with Crippen molar-refractivity contribution < 1.29 is 4.79 Å². The molecule has 1 aliphatic rings. The Labute approximate surface area is 135 Å². The number of carbonyl (C=O) groups is 1. The van der Waals surface area contributed by atoms with Crippen LogP contribution in [0.5, 0.6) is 0 Å². The number of hydrazine groups is 1. The van der Waals surface area contributed by atoms with Gasteiger partial charge in [0.25, 0.3) is 0 Å². The molecule has 23 heavy (non-hydrogen) atoms. The quantitative estimate of drug-likeness (QED) is 0.511. The first-order valence-corrected chi connectivity index (χ1v) is 7.84. The molecule has 1 aromatic carbocycles. The third-order valence-electron chi connectivity index (χ3n) is 4.20. The van der Waals surface area contributed by atoms with E-state index in [2.05, 4.69) is 15.3 Å². The van der Waals surface area contributed by atoms with Gasteiger partial charge in [0, 0.05) is 36.3 Å². The van der Waals surface area contributed by atoms with Crippen LogP contribution in [0.3, 0.4) is 0 Å². The zero-order valence-corrected chi connectivity index (χ0v) is 13.2. The molecule has 0 aliphatic carbocycles. The lowest BCUT2D eigenvalue weighted by Gasteiger charge is -2.32. The van der Waals surface area contributed by atoms with Crippen molar-refractivity contribution in [1.29, 1.82) is 0 Å². The second-order valence-electron chi connectivity index (χ2n) is 5.83. The summed E-state index contributed by atoms with van der Waals surface area (Å²) in [5.74, 6) is 6.79. The van der Waals surface area contributed by atoms with Gasteiger partial charge in [0.2, 0.25) is 5.91 Å². The van der Waals surface area contributed by atoms with Crippen LogP contribution in [-0.4, -0.2) is 29.0 Å². The molecule has 6 nitrogen and oxygen atoms in total. The summed E-state index contributed by atoms with van der Waals surface area (Å²) in [4.78, 5) is 23.1. The molecule has 1 aromatic heterocycles. The minimum absolute atomic E-state index is 0.00669. The van der Waals surface area contributed by atoms with Crippen LogP contribution in [0.15, 0.2) is 36.4 Å². The Morgan fingerprint density at radius 3 is 2.57 bits per heavy atom. The van der Waals surface area contributed by atoms with Gasteiger partial charge >= 0.3 is 0 Å². The number of rotatable bonds is 3. The number of hydrogen-bond acceptors (Lipinski definition) is 5. The van der Waals surface area contributed by atoms with Crippen molar-refractivity contribution in [3.05, 3.63) is 42.1 Å². The predicted octanol–water partition coefficient (Wildman–Crippen LogP) is 1.66. The maximum Gasteiger partial charge on any atom is 0.237 e. The third-order valence-corrected chi connectivity index (χ3v) is 4.20. The van der Waals surface area contributed by atoms with Crippen LogP contribution in [-0.2, 0) is 4.79 Å². The van der Waals surface area contributed by atoms with Crippen LogP contribution >= 0.6 is 0 Å². The second-order valence-corrected chi connectivity index (χ2v) is 5.83. The van der Waals surface area contributed by atoms with E-state index >= 15 is 0 Å². The van der Waals surface area contributed by atoms with Crippen LogP contribution in [0.2, 0.25) is 0 Å². The van der Waals surface area contributed by atoms with Gasteiger partial charge in [-0.2, -0.15) is 0 Å². The molecule has 1 amide bonds. The van der Waals surface area contributed by atoms with E-state index in [1.807, 2.05) is 43.3 Å². The Balaban J connectivity index is 1.79. The number of aromatic nitrogens is 2. The van der Waals surface area contributed by atoms with E-state index in [1.165, 1.54) is 0 Å². The summed E-state index contributed by atoms with van der Waals surface area (Å²) in [6, 6.07) is 12.0. The molecule has 0 radical (unpaired) electrons. The van der Waals surface area contributed by atoms with Gasteiger partial charge in [-0.15, -0.1) is 0 Å². The minimum Gasteiger partial charge on any atom is -0.356 e. The molecule has 0 atom stereocenters. The highest BCUT2D eigenvalue weighted by Crippen LogP contribution is 2.24. The van der Waals surface area contributed by atoms with E-state index in [0.29, 0.717) is 0 Å². The lowest BCUT2D eigenvalue weighted by atomic mass is 9.96. The van der Waals surface area contributed by atoms with Gasteiger partial charge in [0.15, 0.2) is 5.82 Å². The molecule has 0 saturated carbocycles. The summed E-state index contributed by atoms with van der Waals surface area (Å²) in [6.07, 6.45) is 1.57. The van der Waals surface area contributed by atoms with Gasteiger partial charge in [-0.05, 0) is 19.8 Å². The number of piperidine rings is 1. The van der Waals surface area contributed by atoms with E-state index in [1.54, 1.807) is 0 Å². The highest BCUT2D eigenvalue weighted by Gasteiger charge is 2.25. The molecule has 1 fully saturated rings. The van der Waals surface area contributed by atoms with Gasteiger partial charge in [0.05, 0.1) is 0 Å². The molecular formula is C17H21N5O. The van der Waals surface area contributed by atoms with Crippen LogP contribution in [0.1, 0.15) is 18.5 Å². The van der Waals surface area contributed by atoms with Crippen molar-refractivity contribution in [1.82, 2.24) is 15.4 Å². The van der Waals surface area contributed by atoms with Crippen LogP contribution in [0.4, 0.5) is 5.82 Å². The monoisotopic (exact) mass is 311 g/mol. The zero-order chi connectivity index (χ0) is 16.2. The molecule has 0 unspecified atom stereocenters. The smallest absolute Gasteiger partial charge is 0.237 e. The van der Waals surface area contributed by atoms with Crippen molar-refractivity contribution >= 4 is 11.7 Å². The maximum absolute atomic E-state index is 11.6. The van der Waals surface area contributed by atoms with Gasteiger partial charge in [0.1, 0.15) is 5.82 Å². The molecule has 1 saturated heterocycles. The largest absolute Gasteiger partial charge is 0.356 e. The summed E-state index contributed by atoms with van der Waals surface area (Å²) in [6.45, 7) is 3.57. The predicted molar refractivity (Wildman–Crippen MR) is 89.5 cm³/mol. The minimum atomic E-state index is -0.0755. The van der Waals surface area contributed by atoms with Crippen LogP contribution in [0.25, 0.3) is 11.4 Å². The van der Waals surface area contributed by atoms with Crippen molar-refractivity contribution in [2.75, 3.05) is 18.0 Å². The molecule has 1 aliphatic heterocycles.